The van der Waals surface area contributed by atoms with Crippen molar-refractivity contribution in [2.24, 2.45) is 0 Å². The molecule has 2 heterocycles. The largest absolute Gasteiger partial charge is 0.354 e. The van der Waals surface area contributed by atoms with E-state index in [0.717, 1.165) is 44.2 Å². The molecule has 0 atom stereocenters. The number of halogens is 2. The Morgan fingerprint density at radius 2 is 1.79 bits per heavy atom. The van der Waals surface area contributed by atoms with Crippen LogP contribution in [0.1, 0.15) is 31.9 Å². The van der Waals surface area contributed by atoms with Crippen LogP contribution >= 0.6 is 24.0 Å². The first kappa shape index (κ1) is 27.0. The van der Waals surface area contributed by atoms with Crippen LogP contribution in [-0.2, 0) is 10.0 Å². The van der Waals surface area contributed by atoms with Gasteiger partial charge in [0.1, 0.15) is 5.82 Å². The highest BCUT2D eigenvalue weighted by molar-refractivity contribution is 7.89. The third-order valence-corrected chi connectivity index (χ3v) is 8.31. The van der Waals surface area contributed by atoms with Gasteiger partial charge in [-0.15, -0.1) is 24.0 Å². The molecule has 4 rings (SSSR count). The molecule has 1 aliphatic heterocycles. The van der Waals surface area contributed by atoms with E-state index in [4.69, 9.17) is 16.6 Å². The van der Waals surface area contributed by atoms with E-state index in [-0.39, 0.29) is 30.6 Å². The maximum absolute atomic E-state index is 12.0. The number of aromatic nitrogens is 1. The summed E-state index contributed by atoms with van der Waals surface area (Å²) in [5, 5.41) is 2.35. The standard InChI is InChI=1S/C25H33ClN4O2S.ClH/c1-3-17-33(31,32)27-19-25(26)11-9-20(10-12-25)23-18-21-7-5-6-8-22(21)24(28-23)30-15-13-29(4-2)14-16-30;/h5-12,18,20,27H,3-4,13-17,19H2,1-2H3;1H. The number of fused-ring (bicyclic) bond motifs is 1. The van der Waals surface area contributed by atoms with Gasteiger partial charge in [0.25, 0.3) is 0 Å². The molecule has 34 heavy (non-hydrogen) atoms. The molecule has 186 valence electrons. The second kappa shape index (κ2) is 11.4. The molecule has 0 saturated carbocycles. The van der Waals surface area contributed by atoms with Crippen LogP contribution in [0, 0.1) is 0 Å². The summed E-state index contributed by atoms with van der Waals surface area (Å²) >= 11 is 6.68. The Kier molecular flexibility index (Phi) is 9.04. The molecule has 0 amide bonds. The summed E-state index contributed by atoms with van der Waals surface area (Å²) < 4.78 is 26.7. The second-order valence-electron chi connectivity index (χ2n) is 8.82. The first-order chi connectivity index (χ1) is 15.8. The van der Waals surface area contributed by atoms with E-state index in [9.17, 15) is 8.42 Å². The highest BCUT2D eigenvalue weighted by Gasteiger charge is 2.28. The number of anilines is 1. The van der Waals surface area contributed by atoms with Gasteiger partial charge >= 0.3 is 0 Å². The van der Waals surface area contributed by atoms with Gasteiger partial charge in [0.15, 0.2) is 0 Å². The van der Waals surface area contributed by atoms with Crippen molar-refractivity contribution in [2.45, 2.75) is 31.1 Å². The fraction of sp³-hybridized carbons (Fsp3) is 0.480. The minimum atomic E-state index is -3.31. The summed E-state index contributed by atoms with van der Waals surface area (Å²) in [6.45, 7) is 9.28. The van der Waals surface area contributed by atoms with Gasteiger partial charge in [-0.3, -0.25) is 0 Å². The molecule has 9 heteroatoms. The van der Waals surface area contributed by atoms with Crippen LogP contribution in [0.25, 0.3) is 10.8 Å². The van der Waals surface area contributed by atoms with E-state index < -0.39 is 14.9 Å². The Hall–Kier alpha value is -1.64. The number of alkyl halides is 1. The lowest BCUT2D eigenvalue weighted by atomic mass is 9.92. The fourth-order valence-corrected chi connectivity index (χ4v) is 5.84. The zero-order valence-corrected chi connectivity index (χ0v) is 22.2. The van der Waals surface area contributed by atoms with Crippen LogP contribution in [0.2, 0.25) is 0 Å². The van der Waals surface area contributed by atoms with Gasteiger partial charge in [-0.2, -0.15) is 0 Å². The Morgan fingerprint density at radius 1 is 1.12 bits per heavy atom. The van der Waals surface area contributed by atoms with Crippen LogP contribution < -0.4 is 9.62 Å². The molecule has 0 unspecified atom stereocenters. The number of nitrogens with one attached hydrogen (secondary N) is 1. The molecule has 1 aliphatic carbocycles. The minimum absolute atomic E-state index is 0. The topological polar surface area (TPSA) is 65.5 Å². The number of nitrogens with zero attached hydrogens (tertiary/aromatic N) is 3. The van der Waals surface area contributed by atoms with Crippen molar-refractivity contribution in [3.05, 3.63) is 60.3 Å². The number of hydrogen-bond acceptors (Lipinski definition) is 5. The number of benzene rings is 1. The predicted octanol–water partition coefficient (Wildman–Crippen LogP) is 4.32. The molecule has 6 nitrogen and oxygen atoms in total. The molecule has 2 aromatic rings. The van der Waals surface area contributed by atoms with Gasteiger partial charge < -0.3 is 9.80 Å². The zero-order valence-electron chi connectivity index (χ0n) is 19.8. The first-order valence-corrected chi connectivity index (χ1v) is 13.8. The molecule has 1 aromatic heterocycles. The Bertz CT molecular complexity index is 1130. The summed E-state index contributed by atoms with van der Waals surface area (Å²) in [6, 6.07) is 10.6. The third-order valence-electron chi connectivity index (χ3n) is 6.40. The van der Waals surface area contributed by atoms with E-state index in [0.29, 0.717) is 6.42 Å². The highest BCUT2D eigenvalue weighted by atomic mass is 35.5. The molecule has 1 aromatic carbocycles. The van der Waals surface area contributed by atoms with Crippen LogP contribution in [-0.4, -0.2) is 68.2 Å². The minimum Gasteiger partial charge on any atom is -0.354 e. The average molecular weight is 526 g/mol. The lowest BCUT2D eigenvalue weighted by Crippen LogP contribution is -2.46. The molecule has 0 radical (unpaired) electrons. The van der Waals surface area contributed by atoms with Gasteiger partial charge in [0.05, 0.1) is 16.3 Å². The molecule has 1 fully saturated rings. The van der Waals surface area contributed by atoms with Crippen molar-refractivity contribution in [2.75, 3.05) is 49.9 Å². The van der Waals surface area contributed by atoms with E-state index in [1.807, 2.05) is 31.2 Å². The molecule has 1 saturated heterocycles. The van der Waals surface area contributed by atoms with Gasteiger partial charge in [0, 0.05) is 44.0 Å². The number of pyridine rings is 1. The van der Waals surface area contributed by atoms with Gasteiger partial charge in [-0.05, 0) is 24.4 Å². The molecular weight excluding hydrogens is 491 g/mol. The smallest absolute Gasteiger partial charge is 0.211 e. The van der Waals surface area contributed by atoms with E-state index in [1.165, 1.54) is 10.8 Å². The summed E-state index contributed by atoms with van der Waals surface area (Å²) in [4.78, 5) is 9.09. The molecule has 0 bridgehead atoms. The Morgan fingerprint density at radius 3 is 2.44 bits per heavy atom. The summed E-state index contributed by atoms with van der Waals surface area (Å²) in [5.74, 6) is 1.13. The highest BCUT2D eigenvalue weighted by Crippen LogP contribution is 2.34. The van der Waals surface area contributed by atoms with Crippen molar-refractivity contribution in [1.29, 1.82) is 0 Å². The fourth-order valence-electron chi connectivity index (χ4n) is 4.41. The lowest BCUT2D eigenvalue weighted by Gasteiger charge is -2.35. The zero-order chi connectivity index (χ0) is 23.5. The maximum atomic E-state index is 12.0. The number of sulfonamides is 1. The van der Waals surface area contributed by atoms with Gasteiger partial charge in [-0.25, -0.2) is 18.1 Å². The van der Waals surface area contributed by atoms with Crippen LogP contribution in [0.4, 0.5) is 5.82 Å². The van der Waals surface area contributed by atoms with Crippen molar-refractivity contribution in [1.82, 2.24) is 14.6 Å². The number of rotatable bonds is 8. The molecule has 0 spiro atoms. The van der Waals surface area contributed by atoms with E-state index >= 15 is 0 Å². The SMILES string of the molecule is CCCS(=O)(=O)NCC1(Cl)C=CC(c2cc3ccccc3c(N3CCN(CC)CC3)n2)C=C1.Cl. The number of hydrogen-bond donors (Lipinski definition) is 1. The normalized spacial score (nSPS) is 23.3. The van der Waals surface area contributed by atoms with Crippen molar-refractivity contribution >= 4 is 50.6 Å². The average Bonchev–Trinajstić information content (AvgIpc) is 2.83. The Balaban J connectivity index is 0.00000324. The molecule has 1 N–H and O–H groups in total. The van der Waals surface area contributed by atoms with E-state index in [1.54, 1.807) is 0 Å². The van der Waals surface area contributed by atoms with Crippen LogP contribution in [0.5, 0.6) is 0 Å². The lowest BCUT2D eigenvalue weighted by molar-refractivity contribution is 0.270. The predicted molar refractivity (Wildman–Crippen MR) is 145 cm³/mol. The van der Waals surface area contributed by atoms with E-state index in [2.05, 4.69) is 51.8 Å². The second-order valence-corrected chi connectivity index (χ2v) is 11.5. The number of likely N-dealkylation sites (N-methyl/N-ethyl adjacent to an activating group) is 1. The van der Waals surface area contributed by atoms with Crippen molar-refractivity contribution < 1.29 is 8.42 Å². The summed E-state index contributed by atoms with van der Waals surface area (Å²) in [6.07, 6.45) is 8.38. The van der Waals surface area contributed by atoms with Crippen molar-refractivity contribution in [3.63, 3.8) is 0 Å². The maximum Gasteiger partial charge on any atom is 0.211 e. The third kappa shape index (κ3) is 6.32. The Labute approximate surface area is 214 Å². The molecular formula is C25H34Cl2N4O2S. The van der Waals surface area contributed by atoms with Crippen LogP contribution in [0.15, 0.2) is 54.6 Å². The van der Waals surface area contributed by atoms with Crippen molar-refractivity contribution in [3.8, 4) is 0 Å². The van der Waals surface area contributed by atoms with Gasteiger partial charge in [0.2, 0.25) is 10.0 Å². The first-order valence-electron chi connectivity index (χ1n) is 11.7. The molecule has 2 aliphatic rings. The number of allylic oxidation sites excluding steroid dienone is 2. The summed E-state index contributed by atoms with van der Waals surface area (Å²) in [5.41, 5.74) is 0.972. The summed E-state index contributed by atoms with van der Waals surface area (Å²) in [7, 11) is -3.31. The number of piperazine rings is 1. The quantitative estimate of drug-likeness (QED) is 0.411. The van der Waals surface area contributed by atoms with Gasteiger partial charge in [-0.1, -0.05) is 62.4 Å². The monoisotopic (exact) mass is 524 g/mol. The van der Waals surface area contributed by atoms with Crippen LogP contribution in [0.3, 0.4) is 0 Å².